The Morgan fingerprint density at radius 3 is 3.18 bits per heavy atom. The van der Waals surface area contributed by atoms with Gasteiger partial charge in [0.05, 0.1) is 18.1 Å². The minimum Gasteiger partial charge on any atom is -0.330 e. The van der Waals surface area contributed by atoms with Crippen molar-refractivity contribution in [2.24, 2.45) is 0 Å². The number of nitrogens with one attached hydrogen (secondary N) is 1. The van der Waals surface area contributed by atoms with Crippen LogP contribution in [0.5, 0.6) is 0 Å². The van der Waals surface area contributed by atoms with Crippen molar-refractivity contribution in [2.75, 3.05) is 0 Å². The van der Waals surface area contributed by atoms with E-state index in [1.807, 2.05) is 24.1 Å². The molecule has 90 valence electrons. The van der Waals surface area contributed by atoms with Gasteiger partial charge in [0.2, 0.25) is 0 Å². The third-order valence-electron chi connectivity index (χ3n) is 3.10. The van der Waals surface area contributed by atoms with E-state index < -0.39 is 0 Å². The summed E-state index contributed by atoms with van der Waals surface area (Å²) in [5.74, 6) is 0. The van der Waals surface area contributed by atoms with Gasteiger partial charge in [0.15, 0.2) is 0 Å². The third-order valence-corrected chi connectivity index (χ3v) is 4.06. The lowest BCUT2D eigenvalue weighted by atomic mass is 10.3. The fraction of sp³-hybridized carbons (Fsp3) is 0.500. The normalized spacial score (nSPS) is 17.2. The highest BCUT2D eigenvalue weighted by molar-refractivity contribution is 7.09. The van der Waals surface area contributed by atoms with Gasteiger partial charge in [-0.1, -0.05) is 0 Å². The Morgan fingerprint density at radius 1 is 1.59 bits per heavy atom. The second kappa shape index (κ2) is 4.58. The summed E-state index contributed by atoms with van der Waals surface area (Å²) < 4.78 is 2.29. The molecule has 0 radical (unpaired) electrons. The zero-order valence-electron chi connectivity index (χ0n) is 9.84. The molecule has 1 fully saturated rings. The summed E-state index contributed by atoms with van der Waals surface area (Å²) in [5.41, 5.74) is 1.27. The Morgan fingerprint density at radius 2 is 2.47 bits per heavy atom. The molecule has 1 aliphatic carbocycles. The van der Waals surface area contributed by atoms with Crippen LogP contribution in [0.4, 0.5) is 0 Å². The molecule has 1 aliphatic rings. The van der Waals surface area contributed by atoms with Gasteiger partial charge in [-0.25, -0.2) is 9.97 Å². The number of thiazole rings is 1. The lowest BCUT2D eigenvalue weighted by Crippen LogP contribution is -2.19. The number of hydrogen-bond donors (Lipinski definition) is 1. The summed E-state index contributed by atoms with van der Waals surface area (Å²) >= 11 is 1.70. The van der Waals surface area contributed by atoms with Crippen LogP contribution in [0.2, 0.25) is 0 Å². The molecule has 17 heavy (non-hydrogen) atoms. The van der Waals surface area contributed by atoms with E-state index in [-0.39, 0.29) is 0 Å². The zero-order chi connectivity index (χ0) is 11.7. The van der Waals surface area contributed by atoms with E-state index in [4.69, 9.17) is 0 Å². The van der Waals surface area contributed by atoms with Crippen LogP contribution in [0, 0.1) is 0 Å². The first-order chi connectivity index (χ1) is 8.34. The van der Waals surface area contributed by atoms with Gasteiger partial charge in [-0.2, -0.15) is 0 Å². The SMILES string of the molecule is CC(NCc1cncn1C1CC1)c1nccs1. The summed E-state index contributed by atoms with van der Waals surface area (Å²) in [5, 5.41) is 6.65. The first-order valence-corrected chi connectivity index (χ1v) is 6.86. The number of hydrogen-bond acceptors (Lipinski definition) is 4. The van der Waals surface area contributed by atoms with Crippen LogP contribution >= 0.6 is 11.3 Å². The molecular weight excluding hydrogens is 232 g/mol. The van der Waals surface area contributed by atoms with Gasteiger partial charge in [0, 0.05) is 30.4 Å². The van der Waals surface area contributed by atoms with Crippen molar-refractivity contribution in [3.05, 3.63) is 34.8 Å². The molecule has 2 aromatic heterocycles. The molecule has 1 atom stereocenters. The van der Waals surface area contributed by atoms with E-state index in [0.29, 0.717) is 12.1 Å². The number of rotatable bonds is 5. The van der Waals surface area contributed by atoms with Gasteiger partial charge in [-0.3, -0.25) is 0 Å². The minimum absolute atomic E-state index is 0.303. The molecule has 0 spiro atoms. The molecular formula is C12H16N4S. The van der Waals surface area contributed by atoms with Gasteiger partial charge in [0.25, 0.3) is 0 Å². The Labute approximate surface area is 105 Å². The van der Waals surface area contributed by atoms with Crippen molar-refractivity contribution in [1.29, 1.82) is 0 Å². The Bertz CT molecular complexity index is 472. The second-order valence-corrected chi connectivity index (χ2v) is 5.42. The monoisotopic (exact) mass is 248 g/mol. The van der Waals surface area contributed by atoms with Crippen LogP contribution in [0.25, 0.3) is 0 Å². The summed E-state index contributed by atoms with van der Waals surface area (Å²) in [6, 6.07) is 1.00. The summed E-state index contributed by atoms with van der Waals surface area (Å²) in [4.78, 5) is 8.55. The zero-order valence-corrected chi connectivity index (χ0v) is 10.7. The maximum atomic E-state index is 4.32. The lowest BCUT2D eigenvalue weighted by Gasteiger charge is -2.12. The average molecular weight is 248 g/mol. The third kappa shape index (κ3) is 2.40. The molecule has 1 saturated carbocycles. The van der Waals surface area contributed by atoms with Gasteiger partial charge in [-0.05, 0) is 19.8 Å². The fourth-order valence-corrected chi connectivity index (χ4v) is 2.61. The van der Waals surface area contributed by atoms with Crippen LogP contribution in [0.15, 0.2) is 24.1 Å². The molecule has 2 aromatic rings. The average Bonchev–Trinajstić information content (AvgIpc) is 2.87. The van der Waals surface area contributed by atoms with Crippen molar-refractivity contribution in [3.8, 4) is 0 Å². The summed E-state index contributed by atoms with van der Waals surface area (Å²) in [7, 11) is 0. The first-order valence-electron chi connectivity index (χ1n) is 5.98. The van der Waals surface area contributed by atoms with E-state index in [9.17, 15) is 0 Å². The van der Waals surface area contributed by atoms with Gasteiger partial charge in [0.1, 0.15) is 5.01 Å². The van der Waals surface area contributed by atoms with Gasteiger partial charge >= 0.3 is 0 Å². The van der Waals surface area contributed by atoms with Crippen LogP contribution < -0.4 is 5.32 Å². The Kier molecular flexibility index (Phi) is 2.94. The smallest absolute Gasteiger partial charge is 0.109 e. The highest BCUT2D eigenvalue weighted by Gasteiger charge is 2.25. The minimum atomic E-state index is 0.303. The molecule has 2 heterocycles. The van der Waals surface area contributed by atoms with Crippen LogP contribution in [0.3, 0.4) is 0 Å². The van der Waals surface area contributed by atoms with Crippen molar-refractivity contribution in [1.82, 2.24) is 19.9 Å². The van der Waals surface area contributed by atoms with Crippen molar-refractivity contribution in [3.63, 3.8) is 0 Å². The molecule has 0 aromatic carbocycles. The fourth-order valence-electron chi connectivity index (χ4n) is 1.94. The number of nitrogens with zero attached hydrogens (tertiary/aromatic N) is 3. The van der Waals surface area contributed by atoms with Gasteiger partial charge < -0.3 is 9.88 Å². The predicted octanol–water partition coefficient (Wildman–Crippen LogP) is 2.53. The predicted molar refractivity (Wildman–Crippen MR) is 67.9 cm³/mol. The van der Waals surface area contributed by atoms with Crippen LogP contribution in [-0.4, -0.2) is 14.5 Å². The molecule has 0 saturated heterocycles. The molecule has 4 nitrogen and oxygen atoms in total. The topological polar surface area (TPSA) is 42.7 Å². The first kappa shape index (κ1) is 10.9. The maximum absolute atomic E-state index is 4.32. The highest BCUT2D eigenvalue weighted by atomic mass is 32.1. The van der Waals surface area contributed by atoms with Crippen molar-refractivity contribution < 1.29 is 0 Å². The van der Waals surface area contributed by atoms with Crippen LogP contribution in [-0.2, 0) is 6.54 Å². The van der Waals surface area contributed by atoms with Crippen LogP contribution in [0.1, 0.15) is 42.6 Å². The van der Waals surface area contributed by atoms with E-state index in [0.717, 1.165) is 11.6 Å². The Balaban J connectivity index is 1.61. The highest BCUT2D eigenvalue weighted by Crippen LogP contribution is 2.35. The lowest BCUT2D eigenvalue weighted by molar-refractivity contribution is 0.545. The molecule has 0 aliphatic heterocycles. The maximum Gasteiger partial charge on any atom is 0.109 e. The molecule has 1 unspecified atom stereocenters. The van der Waals surface area contributed by atoms with Gasteiger partial charge in [-0.15, -0.1) is 11.3 Å². The summed E-state index contributed by atoms with van der Waals surface area (Å²) in [6.07, 6.45) is 8.35. The standard InChI is InChI=1S/C12H16N4S/c1-9(12-14-4-5-17-12)15-7-11-6-13-8-16(11)10-2-3-10/h4-6,8-10,15H,2-3,7H2,1H3. The van der Waals surface area contributed by atoms with E-state index in [2.05, 4.69) is 26.8 Å². The second-order valence-electron chi connectivity index (χ2n) is 4.50. The molecule has 5 heteroatoms. The van der Waals surface area contributed by atoms with E-state index in [1.165, 1.54) is 18.5 Å². The van der Waals surface area contributed by atoms with E-state index in [1.54, 1.807) is 11.3 Å². The van der Waals surface area contributed by atoms with Crippen molar-refractivity contribution in [2.45, 2.75) is 38.4 Å². The quantitative estimate of drug-likeness (QED) is 0.884. The Hall–Kier alpha value is -1.20. The molecule has 0 bridgehead atoms. The largest absolute Gasteiger partial charge is 0.330 e. The molecule has 1 N–H and O–H groups in total. The molecule has 0 amide bonds. The summed E-state index contributed by atoms with van der Waals surface area (Å²) in [6.45, 7) is 3.01. The number of aromatic nitrogens is 3. The van der Waals surface area contributed by atoms with Crippen molar-refractivity contribution >= 4 is 11.3 Å². The number of imidazole rings is 1. The molecule has 3 rings (SSSR count). The van der Waals surface area contributed by atoms with E-state index >= 15 is 0 Å².